The zero-order valence-corrected chi connectivity index (χ0v) is 13.9. The molecule has 1 aliphatic rings. The Morgan fingerprint density at radius 2 is 1.68 bits per heavy atom. The summed E-state index contributed by atoms with van der Waals surface area (Å²) in [5.74, 6) is 0.205. The first-order valence-corrected chi connectivity index (χ1v) is 8.03. The van der Waals surface area contributed by atoms with Crippen molar-refractivity contribution in [2.45, 2.75) is 40.5 Å². The van der Waals surface area contributed by atoms with Crippen LogP contribution in [-0.2, 0) is 9.59 Å². The SMILES string of the molecule is Cc1cc(C)cc(NC(=O)C2CC2C(=O)NCCC(C)C)c1. The van der Waals surface area contributed by atoms with Gasteiger partial charge in [0.05, 0.1) is 11.8 Å². The van der Waals surface area contributed by atoms with Crippen molar-refractivity contribution in [2.75, 3.05) is 11.9 Å². The topological polar surface area (TPSA) is 58.2 Å². The van der Waals surface area contributed by atoms with Gasteiger partial charge in [0, 0.05) is 12.2 Å². The highest BCUT2D eigenvalue weighted by Crippen LogP contribution is 2.39. The highest BCUT2D eigenvalue weighted by Gasteiger charge is 2.47. The van der Waals surface area contributed by atoms with Crippen molar-refractivity contribution in [2.24, 2.45) is 17.8 Å². The Balaban J connectivity index is 1.81. The highest BCUT2D eigenvalue weighted by atomic mass is 16.2. The summed E-state index contributed by atoms with van der Waals surface area (Å²) in [5, 5.41) is 5.85. The Hall–Kier alpha value is -1.84. The molecule has 2 N–H and O–H groups in total. The Morgan fingerprint density at radius 1 is 1.09 bits per heavy atom. The van der Waals surface area contributed by atoms with Gasteiger partial charge in [-0.2, -0.15) is 0 Å². The average molecular weight is 302 g/mol. The van der Waals surface area contributed by atoms with Crippen molar-refractivity contribution in [3.8, 4) is 0 Å². The molecule has 2 atom stereocenters. The lowest BCUT2D eigenvalue weighted by Crippen LogP contribution is -2.28. The average Bonchev–Trinajstić information content (AvgIpc) is 3.16. The maximum atomic E-state index is 12.2. The number of benzene rings is 1. The second-order valence-corrected chi connectivity index (χ2v) is 6.79. The molecule has 120 valence electrons. The molecule has 0 heterocycles. The lowest BCUT2D eigenvalue weighted by molar-refractivity contribution is -0.125. The van der Waals surface area contributed by atoms with Gasteiger partial charge < -0.3 is 10.6 Å². The monoisotopic (exact) mass is 302 g/mol. The van der Waals surface area contributed by atoms with Crippen molar-refractivity contribution in [1.29, 1.82) is 0 Å². The van der Waals surface area contributed by atoms with E-state index in [1.807, 2.05) is 26.0 Å². The Labute approximate surface area is 132 Å². The fourth-order valence-corrected chi connectivity index (χ4v) is 2.67. The Morgan fingerprint density at radius 3 is 2.27 bits per heavy atom. The summed E-state index contributed by atoms with van der Waals surface area (Å²) in [5.41, 5.74) is 3.05. The molecule has 0 spiro atoms. The van der Waals surface area contributed by atoms with Crippen LogP contribution in [0.4, 0.5) is 5.69 Å². The predicted octanol–water partition coefficient (Wildman–Crippen LogP) is 3.04. The smallest absolute Gasteiger partial charge is 0.228 e. The van der Waals surface area contributed by atoms with E-state index >= 15 is 0 Å². The number of aryl methyl sites for hydroxylation is 2. The quantitative estimate of drug-likeness (QED) is 0.848. The Kier molecular flexibility index (Phi) is 5.22. The fourth-order valence-electron chi connectivity index (χ4n) is 2.67. The molecule has 2 rings (SSSR count). The van der Waals surface area contributed by atoms with Crippen molar-refractivity contribution in [3.63, 3.8) is 0 Å². The normalized spacial score (nSPS) is 19.9. The van der Waals surface area contributed by atoms with Crippen molar-refractivity contribution in [3.05, 3.63) is 29.3 Å². The van der Waals surface area contributed by atoms with Crippen molar-refractivity contribution in [1.82, 2.24) is 5.32 Å². The molecule has 2 unspecified atom stereocenters. The predicted molar refractivity (Wildman–Crippen MR) is 88.6 cm³/mol. The summed E-state index contributed by atoms with van der Waals surface area (Å²) in [7, 11) is 0. The lowest BCUT2D eigenvalue weighted by Gasteiger charge is -2.08. The number of rotatable bonds is 6. The third-order valence-corrected chi connectivity index (χ3v) is 3.97. The van der Waals surface area contributed by atoms with Gasteiger partial charge in [-0.3, -0.25) is 9.59 Å². The van der Waals surface area contributed by atoms with E-state index in [1.165, 1.54) is 0 Å². The van der Waals surface area contributed by atoms with Gasteiger partial charge in [-0.05, 0) is 55.9 Å². The highest BCUT2D eigenvalue weighted by molar-refractivity contribution is 5.99. The minimum absolute atomic E-state index is 0.0150. The van der Waals surface area contributed by atoms with E-state index in [4.69, 9.17) is 0 Å². The van der Waals surface area contributed by atoms with E-state index in [9.17, 15) is 9.59 Å². The summed E-state index contributed by atoms with van der Waals surface area (Å²) in [4.78, 5) is 24.2. The van der Waals surface area contributed by atoms with Crippen molar-refractivity contribution < 1.29 is 9.59 Å². The van der Waals surface area contributed by atoms with E-state index < -0.39 is 0 Å². The molecule has 22 heavy (non-hydrogen) atoms. The third kappa shape index (κ3) is 4.58. The molecule has 0 saturated heterocycles. The van der Waals surface area contributed by atoms with Crippen molar-refractivity contribution >= 4 is 17.5 Å². The number of hydrogen-bond donors (Lipinski definition) is 2. The minimum atomic E-state index is -0.181. The van der Waals surface area contributed by atoms with Crippen LogP contribution in [-0.4, -0.2) is 18.4 Å². The van der Waals surface area contributed by atoms with Crippen LogP contribution in [0.2, 0.25) is 0 Å². The van der Waals surface area contributed by atoms with E-state index in [0.29, 0.717) is 18.9 Å². The number of carbonyl (C=O) groups excluding carboxylic acids is 2. The molecule has 2 amide bonds. The van der Waals surface area contributed by atoms with E-state index in [-0.39, 0.29) is 23.7 Å². The number of carbonyl (C=O) groups is 2. The second kappa shape index (κ2) is 6.95. The molecule has 0 bridgehead atoms. The van der Waals surface area contributed by atoms with Crippen LogP contribution in [0.15, 0.2) is 18.2 Å². The van der Waals surface area contributed by atoms with Crippen LogP contribution in [0.25, 0.3) is 0 Å². The van der Waals surface area contributed by atoms with Crippen LogP contribution in [0.5, 0.6) is 0 Å². The van der Waals surface area contributed by atoms with Crippen LogP contribution in [0.3, 0.4) is 0 Å². The number of anilines is 1. The Bertz CT molecular complexity index is 546. The van der Waals surface area contributed by atoms with Gasteiger partial charge >= 0.3 is 0 Å². The maximum absolute atomic E-state index is 12.2. The zero-order valence-electron chi connectivity index (χ0n) is 13.9. The summed E-state index contributed by atoms with van der Waals surface area (Å²) < 4.78 is 0. The van der Waals surface area contributed by atoms with Gasteiger partial charge in [-0.25, -0.2) is 0 Å². The van der Waals surface area contributed by atoms with Crippen LogP contribution >= 0.6 is 0 Å². The first-order valence-electron chi connectivity index (χ1n) is 8.03. The minimum Gasteiger partial charge on any atom is -0.356 e. The molecular weight excluding hydrogens is 276 g/mol. The van der Waals surface area contributed by atoms with Crippen LogP contribution < -0.4 is 10.6 Å². The number of nitrogens with one attached hydrogen (secondary N) is 2. The lowest BCUT2D eigenvalue weighted by atomic mass is 10.1. The van der Waals surface area contributed by atoms with Gasteiger partial charge in [0.25, 0.3) is 0 Å². The molecule has 0 aliphatic heterocycles. The standard InChI is InChI=1S/C18H26N2O2/c1-11(2)5-6-19-17(21)15-10-16(15)18(22)20-14-8-12(3)7-13(4)9-14/h7-9,11,15-16H,5-6,10H2,1-4H3,(H,19,21)(H,20,22). The van der Waals surface area contributed by atoms with Crippen LogP contribution in [0, 0.1) is 31.6 Å². The first kappa shape index (κ1) is 16.5. The number of hydrogen-bond acceptors (Lipinski definition) is 2. The molecular formula is C18H26N2O2. The largest absolute Gasteiger partial charge is 0.356 e. The summed E-state index contributed by atoms with van der Waals surface area (Å²) >= 11 is 0. The first-order chi connectivity index (χ1) is 10.4. The molecule has 4 heteroatoms. The molecule has 1 aliphatic carbocycles. The molecule has 4 nitrogen and oxygen atoms in total. The second-order valence-electron chi connectivity index (χ2n) is 6.79. The molecule has 1 fully saturated rings. The maximum Gasteiger partial charge on any atom is 0.228 e. The van der Waals surface area contributed by atoms with Gasteiger partial charge in [0.1, 0.15) is 0 Å². The van der Waals surface area contributed by atoms with Gasteiger partial charge in [0.15, 0.2) is 0 Å². The van der Waals surface area contributed by atoms with Gasteiger partial charge in [-0.15, -0.1) is 0 Å². The zero-order chi connectivity index (χ0) is 16.3. The fraction of sp³-hybridized carbons (Fsp3) is 0.556. The van der Waals surface area contributed by atoms with E-state index in [2.05, 4.69) is 30.5 Å². The van der Waals surface area contributed by atoms with Gasteiger partial charge in [0.2, 0.25) is 11.8 Å². The van der Waals surface area contributed by atoms with Gasteiger partial charge in [-0.1, -0.05) is 19.9 Å². The summed E-state index contributed by atoms with van der Waals surface area (Å²) in [6.07, 6.45) is 1.63. The molecule has 1 aromatic rings. The third-order valence-electron chi connectivity index (χ3n) is 3.97. The summed E-state index contributed by atoms with van der Waals surface area (Å²) in [6, 6.07) is 5.97. The molecule has 0 radical (unpaired) electrons. The van der Waals surface area contributed by atoms with E-state index in [0.717, 1.165) is 23.2 Å². The van der Waals surface area contributed by atoms with Crippen LogP contribution in [0.1, 0.15) is 37.8 Å². The molecule has 0 aromatic heterocycles. The molecule has 1 aromatic carbocycles. The molecule has 1 saturated carbocycles. The number of amides is 2. The summed E-state index contributed by atoms with van der Waals surface area (Å²) in [6.45, 7) is 8.96. The van der Waals surface area contributed by atoms with E-state index in [1.54, 1.807) is 0 Å².